The monoisotopic (exact) mass is 259 g/mol. The molecule has 0 saturated heterocycles. The minimum absolute atomic E-state index is 0.0161. The molecule has 0 radical (unpaired) electrons. The van der Waals surface area contributed by atoms with Crippen LogP contribution in [-0.2, 0) is 11.2 Å². The van der Waals surface area contributed by atoms with Crippen LogP contribution in [-0.4, -0.2) is 24.2 Å². The summed E-state index contributed by atoms with van der Waals surface area (Å²) in [4.78, 5) is 12.8. The summed E-state index contributed by atoms with van der Waals surface area (Å²) in [6.07, 6.45) is 2.41. The van der Waals surface area contributed by atoms with Crippen LogP contribution in [0.25, 0.3) is 0 Å². The molecule has 0 aliphatic heterocycles. The van der Waals surface area contributed by atoms with Crippen LogP contribution in [0.1, 0.15) is 17.7 Å². The highest BCUT2D eigenvalue weighted by atomic mass is 35.5. The van der Waals surface area contributed by atoms with Gasteiger partial charge in [0.2, 0.25) is 5.91 Å². The maximum absolute atomic E-state index is 11.7. The van der Waals surface area contributed by atoms with Crippen molar-refractivity contribution in [2.45, 2.75) is 19.3 Å². The summed E-state index contributed by atoms with van der Waals surface area (Å²) >= 11 is 7.34. The number of amides is 1. The zero-order valence-electron chi connectivity index (χ0n) is 8.83. The normalized spacial score (nSPS) is 17.1. The summed E-state index contributed by atoms with van der Waals surface area (Å²) in [5, 5.41) is 11.9. The molecule has 1 amide bonds. The third-order valence-corrected chi connectivity index (χ3v) is 4.21. The van der Waals surface area contributed by atoms with E-state index in [9.17, 15) is 4.79 Å². The number of aliphatic hydroxyl groups excluding tert-OH is 1. The van der Waals surface area contributed by atoms with Gasteiger partial charge in [0.05, 0.1) is 16.4 Å². The number of hydrogen-bond donors (Lipinski definition) is 2. The van der Waals surface area contributed by atoms with Crippen molar-refractivity contribution in [2.75, 3.05) is 13.2 Å². The first-order valence-corrected chi connectivity index (χ1v) is 6.49. The molecule has 1 aromatic heterocycles. The van der Waals surface area contributed by atoms with Gasteiger partial charge >= 0.3 is 0 Å². The van der Waals surface area contributed by atoms with Crippen molar-refractivity contribution in [2.24, 2.45) is 5.41 Å². The molecule has 16 heavy (non-hydrogen) atoms. The summed E-state index contributed by atoms with van der Waals surface area (Å²) < 4.78 is 0.773. The number of carbonyl (C=O) groups is 1. The Morgan fingerprint density at radius 1 is 1.56 bits per heavy atom. The first-order chi connectivity index (χ1) is 7.66. The van der Waals surface area contributed by atoms with Gasteiger partial charge in [-0.15, -0.1) is 11.3 Å². The summed E-state index contributed by atoms with van der Waals surface area (Å²) in [5.41, 5.74) is -0.465. The number of thiophene rings is 1. The third kappa shape index (κ3) is 2.56. The Morgan fingerprint density at radius 3 is 2.81 bits per heavy atom. The number of hydrogen-bond acceptors (Lipinski definition) is 3. The number of aliphatic hydroxyl groups is 1. The molecular formula is C11H14ClNO2S. The Labute approximate surface area is 103 Å². The lowest BCUT2D eigenvalue weighted by molar-refractivity contribution is -0.127. The summed E-state index contributed by atoms with van der Waals surface area (Å²) in [6.45, 7) is 0.571. The second-order valence-corrected chi connectivity index (χ2v) is 5.95. The van der Waals surface area contributed by atoms with E-state index in [0.29, 0.717) is 6.54 Å². The average Bonchev–Trinajstić information content (AvgIpc) is 2.98. The van der Waals surface area contributed by atoms with Crippen molar-refractivity contribution in [3.63, 3.8) is 0 Å². The number of halogens is 1. The third-order valence-electron chi connectivity index (χ3n) is 2.92. The predicted octanol–water partition coefficient (Wildman–Crippen LogP) is 1.83. The molecule has 88 valence electrons. The molecule has 0 bridgehead atoms. The fourth-order valence-corrected chi connectivity index (χ4v) is 2.67. The minimum atomic E-state index is -0.465. The van der Waals surface area contributed by atoms with Crippen molar-refractivity contribution in [3.05, 3.63) is 21.3 Å². The van der Waals surface area contributed by atoms with Gasteiger partial charge in [0, 0.05) is 11.4 Å². The highest BCUT2D eigenvalue weighted by molar-refractivity contribution is 7.16. The van der Waals surface area contributed by atoms with Crippen LogP contribution in [0.3, 0.4) is 0 Å². The molecule has 5 heteroatoms. The molecule has 0 atom stereocenters. The molecule has 1 fully saturated rings. The first kappa shape index (κ1) is 11.9. The van der Waals surface area contributed by atoms with E-state index >= 15 is 0 Å². The summed E-state index contributed by atoms with van der Waals surface area (Å²) in [5.74, 6) is -0.0161. The highest BCUT2D eigenvalue weighted by Crippen LogP contribution is 2.45. The largest absolute Gasteiger partial charge is 0.395 e. The van der Waals surface area contributed by atoms with E-state index in [1.54, 1.807) is 0 Å². The Balaban J connectivity index is 1.74. The lowest BCUT2D eigenvalue weighted by Crippen LogP contribution is -2.35. The van der Waals surface area contributed by atoms with Crippen LogP contribution < -0.4 is 5.32 Å². The van der Waals surface area contributed by atoms with E-state index in [1.165, 1.54) is 16.2 Å². The maximum atomic E-state index is 11.7. The van der Waals surface area contributed by atoms with E-state index in [2.05, 4.69) is 5.32 Å². The van der Waals surface area contributed by atoms with Gasteiger partial charge in [0.25, 0.3) is 0 Å². The zero-order chi connectivity index (χ0) is 11.6. The van der Waals surface area contributed by atoms with E-state index in [1.807, 2.05) is 12.1 Å². The van der Waals surface area contributed by atoms with Crippen molar-refractivity contribution < 1.29 is 9.90 Å². The fourth-order valence-electron chi connectivity index (χ4n) is 1.58. The van der Waals surface area contributed by atoms with Crippen LogP contribution in [0, 0.1) is 5.41 Å². The molecular weight excluding hydrogens is 246 g/mol. The first-order valence-electron chi connectivity index (χ1n) is 5.30. The molecule has 0 aromatic carbocycles. The standard InChI is InChI=1S/C11H14ClNO2S/c12-9-2-1-8(16-9)3-6-13-10(15)11(7-14)4-5-11/h1-2,14H,3-7H2,(H,13,15). The van der Waals surface area contributed by atoms with E-state index in [-0.39, 0.29) is 12.5 Å². The second-order valence-electron chi connectivity index (χ2n) is 4.15. The van der Waals surface area contributed by atoms with Gasteiger partial charge in [0.15, 0.2) is 0 Å². The summed E-state index contributed by atoms with van der Waals surface area (Å²) in [7, 11) is 0. The van der Waals surface area contributed by atoms with Crippen LogP contribution in [0.15, 0.2) is 12.1 Å². The number of nitrogens with one attached hydrogen (secondary N) is 1. The van der Waals surface area contributed by atoms with Crippen molar-refractivity contribution in [3.8, 4) is 0 Å². The highest BCUT2D eigenvalue weighted by Gasteiger charge is 2.49. The molecule has 2 rings (SSSR count). The molecule has 1 saturated carbocycles. The van der Waals surface area contributed by atoms with Crippen molar-refractivity contribution in [1.82, 2.24) is 5.32 Å². The number of carbonyl (C=O) groups excluding carboxylic acids is 1. The molecule has 1 aliphatic rings. The predicted molar refractivity (Wildman–Crippen MR) is 64.8 cm³/mol. The van der Waals surface area contributed by atoms with Gasteiger partial charge in [0.1, 0.15) is 0 Å². The van der Waals surface area contributed by atoms with E-state index in [4.69, 9.17) is 16.7 Å². The second kappa shape index (κ2) is 4.73. The van der Waals surface area contributed by atoms with Crippen LogP contribution in [0.4, 0.5) is 0 Å². The quantitative estimate of drug-likeness (QED) is 0.848. The summed E-state index contributed by atoms with van der Waals surface area (Å²) in [6, 6.07) is 3.83. The topological polar surface area (TPSA) is 49.3 Å². The molecule has 2 N–H and O–H groups in total. The smallest absolute Gasteiger partial charge is 0.228 e. The lowest BCUT2D eigenvalue weighted by atomic mass is 10.1. The van der Waals surface area contributed by atoms with E-state index in [0.717, 1.165) is 23.6 Å². The van der Waals surface area contributed by atoms with Gasteiger partial charge in [-0.25, -0.2) is 0 Å². The van der Waals surface area contributed by atoms with Crippen LogP contribution in [0.2, 0.25) is 4.34 Å². The molecule has 0 unspecified atom stereocenters. The zero-order valence-corrected chi connectivity index (χ0v) is 10.4. The van der Waals surface area contributed by atoms with Crippen molar-refractivity contribution in [1.29, 1.82) is 0 Å². The average molecular weight is 260 g/mol. The Kier molecular flexibility index (Phi) is 3.52. The number of rotatable bonds is 5. The van der Waals surface area contributed by atoms with Crippen molar-refractivity contribution >= 4 is 28.8 Å². The lowest BCUT2D eigenvalue weighted by Gasteiger charge is -2.11. The maximum Gasteiger partial charge on any atom is 0.228 e. The van der Waals surface area contributed by atoms with Gasteiger partial charge in [-0.1, -0.05) is 11.6 Å². The molecule has 1 aliphatic carbocycles. The van der Waals surface area contributed by atoms with Gasteiger partial charge in [-0.2, -0.15) is 0 Å². The SMILES string of the molecule is O=C(NCCc1ccc(Cl)s1)C1(CO)CC1. The minimum Gasteiger partial charge on any atom is -0.395 e. The Hall–Kier alpha value is -0.580. The molecule has 3 nitrogen and oxygen atoms in total. The Morgan fingerprint density at radius 2 is 2.31 bits per heavy atom. The van der Waals surface area contributed by atoms with Crippen LogP contribution >= 0.6 is 22.9 Å². The Bertz CT molecular complexity index is 387. The fraction of sp³-hybridized carbons (Fsp3) is 0.545. The van der Waals surface area contributed by atoms with Gasteiger partial charge in [-0.05, 0) is 31.4 Å². The van der Waals surface area contributed by atoms with Gasteiger partial charge < -0.3 is 10.4 Å². The molecule has 1 aromatic rings. The molecule has 1 heterocycles. The van der Waals surface area contributed by atoms with E-state index < -0.39 is 5.41 Å². The van der Waals surface area contributed by atoms with Gasteiger partial charge in [-0.3, -0.25) is 4.79 Å². The van der Waals surface area contributed by atoms with Crippen LogP contribution in [0.5, 0.6) is 0 Å². The molecule has 0 spiro atoms.